The first kappa shape index (κ1) is 19.0. The second-order valence-corrected chi connectivity index (χ2v) is 6.36. The summed E-state index contributed by atoms with van der Waals surface area (Å²) in [6.45, 7) is 2.53. The van der Waals surface area contributed by atoms with Gasteiger partial charge in [0.25, 0.3) is 0 Å². The predicted molar refractivity (Wildman–Crippen MR) is 102 cm³/mol. The molecule has 0 radical (unpaired) electrons. The first-order valence-corrected chi connectivity index (χ1v) is 8.66. The molecule has 25 heavy (non-hydrogen) atoms. The Bertz CT molecular complexity index is 701. The van der Waals surface area contributed by atoms with Gasteiger partial charge in [0.05, 0.1) is 0 Å². The van der Waals surface area contributed by atoms with E-state index in [-0.39, 0.29) is 11.8 Å². The Kier molecular flexibility index (Phi) is 7.02. The van der Waals surface area contributed by atoms with Gasteiger partial charge in [-0.05, 0) is 36.2 Å². The van der Waals surface area contributed by atoms with E-state index in [1.165, 1.54) is 6.92 Å². The summed E-state index contributed by atoms with van der Waals surface area (Å²) < 4.78 is 0. The lowest BCUT2D eigenvalue weighted by molar-refractivity contribution is -0.129. The zero-order valence-electron chi connectivity index (χ0n) is 14.6. The van der Waals surface area contributed by atoms with E-state index in [9.17, 15) is 9.59 Å². The van der Waals surface area contributed by atoms with Crippen molar-refractivity contribution in [3.05, 3.63) is 65.2 Å². The lowest BCUT2D eigenvalue weighted by Crippen LogP contribution is -2.35. The number of nitrogens with zero attached hydrogens (tertiary/aromatic N) is 2. The monoisotopic (exact) mass is 358 g/mol. The molecule has 0 heterocycles. The lowest BCUT2D eigenvalue weighted by atomic mass is 10.1. The first-order chi connectivity index (χ1) is 12.0. The van der Waals surface area contributed by atoms with E-state index in [4.69, 9.17) is 11.6 Å². The van der Waals surface area contributed by atoms with Gasteiger partial charge in [0.15, 0.2) is 0 Å². The highest BCUT2D eigenvalue weighted by molar-refractivity contribution is 6.30. The maximum Gasteiger partial charge on any atom is 0.228 e. The van der Waals surface area contributed by atoms with E-state index in [2.05, 4.69) is 0 Å². The summed E-state index contributed by atoms with van der Waals surface area (Å²) in [5.41, 5.74) is 1.96. The number of hydrogen-bond donors (Lipinski definition) is 0. The van der Waals surface area contributed by atoms with Crippen LogP contribution in [0, 0.1) is 0 Å². The quantitative estimate of drug-likeness (QED) is 0.755. The van der Waals surface area contributed by atoms with Crippen LogP contribution in [0.2, 0.25) is 5.02 Å². The summed E-state index contributed by atoms with van der Waals surface area (Å²) >= 11 is 5.88. The molecule has 5 heteroatoms. The average molecular weight is 359 g/mol. The third kappa shape index (κ3) is 5.91. The van der Waals surface area contributed by atoms with Crippen LogP contribution in [0.25, 0.3) is 0 Å². The third-order valence-corrected chi connectivity index (χ3v) is 4.39. The topological polar surface area (TPSA) is 40.6 Å². The molecule has 0 aliphatic carbocycles. The van der Waals surface area contributed by atoms with E-state index in [0.717, 1.165) is 17.7 Å². The molecule has 0 N–H and O–H groups in total. The number of carbonyl (C=O) groups is 2. The van der Waals surface area contributed by atoms with Gasteiger partial charge in [-0.2, -0.15) is 0 Å². The van der Waals surface area contributed by atoms with E-state index in [1.807, 2.05) is 54.6 Å². The van der Waals surface area contributed by atoms with Crippen molar-refractivity contribution in [3.63, 3.8) is 0 Å². The Morgan fingerprint density at radius 1 is 0.960 bits per heavy atom. The van der Waals surface area contributed by atoms with Gasteiger partial charge in [0.1, 0.15) is 0 Å². The number of halogens is 1. The van der Waals surface area contributed by atoms with Crippen LogP contribution >= 0.6 is 11.6 Å². The maximum absolute atomic E-state index is 12.4. The Morgan fingerprint density at radius 3 is 2.20 bits per heavy atom. The van der Waals surface area contributed by atoms with Crippen molar-refractivity contribution in [2.24, 2.45) is 0 Å². The van der Waals surface area contributed by atoms with Crippen LogP contribution in [-0.2, 0) is 16.0 Å². The highest BCUT2D eigenvalue weighted by Crippen LogP contribution is 2.13. The summed E-state index contributed by atoms with van der Waals surface area (Å²) in [5, 5.41) is 0.696. The number of benzene rings is 2. The predicted octanol–water partition coefficient (Wildman–Crippen LogP) is 3.78. The molecule has 0 aliphatic heterocycles. The normalized spacial score (nSPS) is 10.4. The van der Waals surface area contributed by atoms with Crippen molar-refractivity contribution in [3.8, 4) is 0 Å². The molecule has 0 fully saturated rings. The number of para-hydroxylation sites is 1. The summed E-state index contributed by atoms with van der Waals surface area (Å²) in [7, 11) is 1.75. The Hall–Kier alpha value is -2.33. The van der Waals surface area contributed by atoms with Gasteiger partial charge in [0, 0.05) is 44.2 Å². The minimum Gasteiger partial charge on any atom is -0.342 e. The molecule has 0 aromatic heterocycles. The molecule has 0 spiro atoms. The largest absolute Gasteiger partial charge is 0.342 e. The SMILES string of the molecule is CC(=O)N(CCC(=O)N(C)c1ccccc1)CCc1ccc(Cl)cc1. The van der Waals surface area contributed by atoms with Gasteiger partial charge in [-0.15, -0.1) is 0 Å². The number of anilines is 1. The zero-order valence-corrected chi connectivity index (χ0v) is 15.4. The molecule has 0 saturated carbocycles. The molecule has 0 aliphatic rings. The minimum absolute atomic E-state index is 0.0102. The molecule has 0 unspecified atom stereocenters. The van der Waals surface area contributed by atoms with E-state index < -0.39 is 0 Å². The van der Waals surface area contributed by atoms with Crippen LogP contribution in [0.3, 0.4) is 0 Å². The van der Waals surface area contributed by atoms with Crippen LogP contribution < -0.4 is 4.90 Å². The summed E-state index contributed by atoms with van der Waals surface area (Å²) in [6.07, 6.45) is 1.03. The Labute approximate surface area is 154 Å². The highest BCUT2D eigenvalue weighted by Gasteiger charge is 2.15. The summed E-state index contributed by atoms with van der Waals surface area (Å²) in [5.74, 6) is -0.0342. The third-order valence-electron chi connectivity index (χ3n) is 4.14. The average Bonchev–Trinajstić information content (AvgIpc) is 2.62. The Morgan fingerprint density at radius 2 is 1.60 bits per heavy atom. The minimum atomic E-state index is -0.0240. The van der Waals surface area contributed by atoms with Gasteiger partial charge in [-0.25, -0.2) is 0 Å². The van der Waals surface area contributed by atoms with E-state index >= 15 is 0 Å². The molecule has 0 saturated heterocycles. The molecular weight excluding hydrogens is 336 g/mol. The van der Waals surface area contributed by atoms with Crippen LogP contribution in [0.1, 0.15) is 18.9 Å². The molecule has 4 nitrogen and oxygen atoms in total. The first-order valence-electron chi connectivity index (χ1n) is 8.29. The van der Waals surface area contributed by atoms with Crippen LogP contribution in [0.4, 0.5) is 5.69 Å². The van der Waals surface area contributed by atoms with Gasteiger partial charge >= 0.3 is 0 Å². The van der Waals surface area contributed by atoms with Crippen LogP contribution in [-0.4, -0.2) is 36.9 Å². The molecular formula is C20H23ClN2O2. The van der Waals surface area contributed by atoms with Gasteiger partial charge in [0.2, 0.25) is 11.8 Å². The second-order valence-electron chi connectivity index (χ2n) is 5.92. The smallest absolute Gasteiger partial charge is 0.228 e. The fourth-order valence-corrected chi connectivity index (χ4v) is 2.66. The van der Waals surface area contributed by atoms with Gasteiger partial charge in [-0.1, -0.05) is 41.9 Å². The number of amides is 2. The number of rotatable bonds is 7. The van der Waals surface area contributed by atoms with Crippen molar-refractivity contribution in [1.29, 1.82) is 0 Å². The molecule has 2 aromatic carbocycles. The van der Waals surface area contributed by atoms with Crippen molar-refractivity contribution in [2.75, 3.05) is 25.0 Å². The fraction of sp³-hybridized carbons (Fsp3) is 0.300. The van der Waals surface area contributed by atoms with E-state index in [0.29, 0.717) is 24.5 Å². The van der Waals surface area contributed by atoms with Crippen molar-refractivity contribution >= 4 is 29.1 Å². The number of carbonyl (C=O) groups excluding carboxylic acids is 2. The maximum atomic E-state index is 12.4. The van der Waals surface area contributed by atoms with Crippen molar-refractivity contribution in [2.45, 2.75) is 19.8 Å². The molecule has 0 atom stereocenters. The summed E-state index contributed by atoms with van der Waals surface area (Å²) in [4.78, 5) is 27.5. The number of hydrogen-bond acceptors (Lipinski definition) is 2. The molecule has 2 rings (SSSR count). The van der Waals surface area contributed by atoms with Crippen LogP contribution in [0.5, 0.6) is 0 Å². The van der Waals surface area contributed by atoms with Gasteiger partial charge < -0.3 is 9.80 Å². The molecule has 0 bridgehead atoms. The molecule has 2 amide bonds. The molecule has 132 valence electrons. The Balaban J connectivity index is 1.87. The summed E-state index contributed by atoms with van der Waals surface area (Å²) in [6, 6.07) is 17.1. The second kappa shape index (κ2) is 9.23. The standard InChI is InChI=1S/C20H23ClN2O2/c1-16(24)23(14-12-17-8-10-18(21)11-9-17)15-13-20(25)22(2)19-6-4-3-5-7-19/h3-11H,12-15H2,1-2H3. The van der Waals surface area contributed by atoms with Crippen molar-refractivity contribution < 1.29 is 9.59 Å². The molecule has 2 aromatic rings. The van der Waals surface area contributed by atoms with Gasteiger partial charge in [-0.3, -0.25) is 9.59 Å². The highest BCUT2D eigenvalue weighted by atomic mass is 35.5. The lowest BCUT2D eigenvalue weighted by Gasteiger charge is -2.23. The van der Waals surface area contributed by atoms with E-state index in [1.54, 1.807) is 16.8 Å². The van der Waals surface area contributed by atoms with Crippen molar-refractivity contribution in [1.82, 2.24) is 4.90 Å². The van der Waals surface area contributed by atoms with Crippen LogP contribution in [0.15, 0.2) is 54.6 Å². The zero-order chi connectivity index (χ0) is 18.2. The fourth-order valence-electron chi connectivity index (χ4n) is 2.54.